The van der Waals surface area contributed by atoms with E-state index in [1.807, 2.05) is 0 Å². The molecule has 0 spiro atoms. The number of rotatable bonds is 6. The Morgan fingerprint density at radius 3 is 2.68 bits per heavy atom. The molecule has 0 saturated carbocycles. The van der Waals surface area contributed by atoms with Crippen molar-refractivity contribution in [2.45, 2.75) is 25.9 Å². The van der Waals surface area contributed by atoms with Crippen LogP contribution in [0, 0.1) is 0 Å². The standard InChI is InChI=1S/C19H26N4OS/c1-3-22-9-11-23(12-10-22)18(17-7-5-13-25-17)15(2)21-19(24)16-6-4-8-20-14-16/h4-8,13-15,18H,3,9-12H2,1-2H3,(H,21,24)/t15-,18+/m1/s1. The van der Waals surface area contributed by atoms with Crippen LogP contribution in [-0.2, 0) is 0 Å². The molecule has 2 atom stereocenters. The van der Waals surface area contributed by atoms with Crippen LogP contribution in [0.5, 0.6) is 0 Å². The van der Waals surface area contributed by atoms with E-state index in [0.717, 1.165) is 32.7 Å². The van der Waals surface area contributed by atoms with Crippen LogP contribution in [0.4, 0.5) is 0 Å². The number of hydrogen-bond acceptors (Lipinski definition) is 5. The van der Waals surface area contributed by atoms with E-state index in [1.165, 1.54) is 4.88 Å². The first-order valence-electron chi connectivity index (χ1n) is 8.89. The van der Waals surface area contributed by atoms with Gasteiger partial charge in [-0.1, -0.05) is 13.0 Å². The second-order valence-electron chi connectivity index (χ2n) is 6.43. The molecule has 3 rings (SSSR count). The molecular formula is C19H26N4OS. The van der Waals surface area contributed by atoms with Gasteiger partial charge in [-0.25, -0.2) is 0 Å². The fourth-order valence-electron chi connectivity index (χ4n) is 3.43. The van der Waals surface area contributed by atoms with Crippen molar-refractivity contribution < 1.29 is 4.79 Å². The first-order chi connectivity index (χ1) is 12.2. The quantitative estimate of drug-likeness (QED) is 0.862. The molecule has 1 aliphatic rings. The Hall–Kier alpha value is -1.76. The number of carbonyl (C=O) groups is 1. The molecule has 1 amide bonds. The molecule has 1 fully saturated rings. The van der Waals surface area contributed by atoms with Crippen LogP contribution >= 0.6 is 11.3 Å². The smallest absolute Gasteiger partial charge is 0.253 e. The van der Waals surface area contributed by atoms with Gasteiger partial charge in [0.15, 0.2) is 0 Å². The summed E-state index contributed by atoms with van der Waals surface area (Å²) in [5, 5.41) is 5.29. The molecule has 0 bridgehead atoms. The number of nitrogens with zero attached hydrogens (tertiary/aromatic N) is 3. The lowest BCUT2D eigenvalue weighted by atomic mass is 10.0. The molecule has 0 unspecified atom stereocenters. The van der Waals surface area contributed by atoms with E-state index in [1.54, 1.807) is 35.9 Å². The van der Waals surface area contributed by atoms with Crippen molar-refractivity contribution in [2.75, 3.05) is 32.7 Å². The predicted molar refractivity (Wildman–Crippen MR) is 102 cm³/mol. The van der Waals surface area contributed by atoms with Crippen LogP contribution in [-0.4, -0.2) is 59.5 Å². The lowest BCUT2D eigenvalue weighted by Gasteiger charge is -2.41. The Morgan fingerprint density at radius 1 is 1.28 bits per heavy atom. The lowest BCUT2D eigenvalue weighted by Crippen LogP contribution is -2.52. The zero-order chi connectivity index (χ0) is 17.6. The maximum absolute atomic E-state index is 12.5. The van der Waals surface area contributed by atoms with Gasteiger partial charge in [0.2, 0.25) is 0 Å². The highest BCUT2D eigenvalue weighted by atomic mass is 32.1. The average molecular weight is 359 g/mol. The summed E-state index contributed by atoms with van der Waals surface area (Å²) in [6, 6.07) is 8.09. The summed E-state index contributed by atoms with van der Waals surface area (Å²) in [6.45, 7) is 9.65. The van der Waals surface area contributed by atoms with Crippen LogP contribution in [0.25, 0.3) is 0 Å². The van der Waals surface area contributed by atoms with Crippen molar-refractivity contribution in [1.29, 1.82) is 0 Å². The van der Waals surface area contributed by atoms with E-state index in [9.17, 15) is 4.79 Å². The number of amides is 1. The summed E-state index contributed by atoms with van der Waals surface area (Å²) in [5.74, 6) is -0.0608. The van der Waals surface area contributed by atoms with Gasteiger partial charge in [-0.3, -0.25) is 14.7 Å². The average Bonchev–Trinajstić information content (AvgIpc) is 3.17. The van der Waals surface area contributed by atoms with Gasteiger partial charge in [-0.05, 0) is 37.0 Å². The second-order valence-corrected chi connectivity index (χ2v) is 7.41. The summed E-state index contributed by atoms with van der Waals surface area (Å²) in [5.41, 5.74) is 0.607. The molecule has 2 aromatic rings. The van der Waals surface area contributed by atoms with Gasteiger partial charge >= 0.3 is 0 Å². The van der Waals surface area contributed by atoms with E-state index in [0.29, 0.717) is 5.56 Å². The van der Waals surface area contributed by atoms with Gasteiger partial charge in [0.1, 0.15) is 0 Å². The van der Waals surface area contributed by atoms with E-state index >= 15 is 0 Å². The summed E-state index contributed by atoms with van der Waals surface area (Å²) in [7, 11) is 0. The van der Waals surface area contributed by atoms with Crippen molar-refractivity contribution in [1.82, 2.24) is 20.1 Å². The molecule has 1 aliphatic heterocycles. The Balaban J connectivity index is 1.72. The van der Waals surface area contributed by atoms with Crippen molar-refractivity contribution in [3.8, 4) is 0 Å². The lowest BCUT2D eigenvalue weighted by molar-refractivity contribution is 0.0753. The number of nitrogens with one attached hydrogen (secondary N) is 1. The Bertz CT molecular complexity index is 653. The minimum absolute atomic E-state index is 0.0273. The molecule has 5 nitrogen and oxygen atoms in total. The third kappa shape index (κ3) is 4.45. The van der Waals surface area contributed by atoms with Gasteiger partial charge in [0.25, 0.3) is 5.91 Å². The SMILES string of the molecule is CCN1CCN([C@H](c2cccs2)[C@@H](C)NC(=O)c2cccnc2)CC1. The molecule has 0 radical (unpaired) electrons. The molecular weight excluding hydrogens is 332 g/mol. The second kappa shape index (κ2) is 8.56. The number of aromatic nitrogens is 1. The van der Waals surface area contributed by atoms with Crippen molar-refractivity contribution in [3.05, 3.63) is 52.5 Å². The van der Waals surface area contributed by atoms with E-state index < -0.39 is 0 Å². The summed E-state index contributed by atoms with van der Waals surface area (Å²) < 4.78 is 0. The highest BCUT2D eigenvalue weighted by Crippen LogP contribution is 2.29. The largest absolute Gasteiger partial charge is 0.348 e. The number of pyridine rings is 1. The van der Waals surface area contributed by atoms with Crippen LogP contribution in [0.3, 0.4) is 0 Å². The van der Waals surface area contributed by atoms with Gasteiger partial charge in [-0.15, -0.1) is 11.3 Å². The molecule has 1 N–H and O–H groups in total. The minimum atomic E-state index is -0.0608. The van der Waals surface area contributed by atoms with Crippen molar-refractivity contribution >= 4 is 17.2 Å². The topological polar surface area (TPSA) is 48.5 Å². The Labute approximate surface area is 153 Å². The van der Waals surface area contributed by atoms with Crippen LogP contribution in [0.2, 0.25) is 0 Å². The van der Waals surface area contributed by atoms with Crippen molar-refractivity contribution in [2.24, 2.45) is 0 Å². The summed E-state index contributed by atoms with van der Waals surface area (Å²) in [4.78, 5) is 22.9. The minimum Gasteiger partial charge on any atom is -0.348 e. The zero-order valence-corrected chi connectivity index (χ0v) is 15.7. The molecule has 0 aliphatic carbocycles. The molecule has 2 aromatic heterocycles. The first kappa shape index (κ1) is 18.0. The molecule has 134 valence electrons. The fraction of sp³-hybridized carbons (Fsp3) is 0.474. The summed E-state index contributed by atoms with van der Waals surface area (Å²) >= 11 is 1.76. The van der Waals surface area contributed by atoms with E-state index in [4.69, 9.17) is 0 Å². The monoisotopic (exact) mass is 358 g/mol. The van der Waals surface area contributed by atoms with Crippen molar-refractivity contribution in [3.63, 3.8) is 0 Å². The fourth-order valence-corrected chi connectivity index (χ4v) is 4.39. The Morgan fingerprint density at radius 2 is 2.08 bits per heavy atom. The number of thiophene rings is 1. The van der Waals surface area contributed by atoms with Gasteiger partial charge in [-0.2, -0.15) is 0 Å². The highest BCUT2D eigenvalue weighted by molar-refractivity contribution is 7.10. The molecule has 1 saturated heterocycles. The summed E-state index contributed by atoms with van der Waals surface area (Å²) in [6.07, 6.45) is 3.30. The van der Waals surface area contributed by atoms with E-state index in [-0.39, 0.29) is 18.0 Å². The number of hydrogen-bond donors (Lipinski definition) is 1. The Kier molecular flexibility index (Phi) is 6.18. The molecule has 3 heterocycles. The normalized spacial score (nSPS) is 18.6. The van der Waals surface area contributed by atoms with Gasteiger partial charge < -0.3 is 10.2 Å². The highest BCUT2D eigenvalue weighted by Gasteiger charge is 2.30. The first-order valence-corrected chi connectivity index (χ1v) is 9.77. The molecule has 6 heteroatoms. The zero-order valence-electron chi connectivity index (χ0n) is 14.9. The van der Waals surface area contributed by atoms with Gasteiger partial charge in [0.05, 0.1) is 11.6 Å². The van der Waals surface area contributed by atoms with Gasteiger partial charge in [0, 0.05) is 49.5 Å². The van der Waals surface area contributed by atoms with Crippen LogP contribution in [0.1, 0.15) is 35.1 Å². The molecule has 25 heavy (non-hydrogen) atoms. The third-order valence-corrected chi connectivity index (χ3v) is 5.78. The maximum atomic E-state index is 12.5. The molecule has 0 aromatic carbocycles. The van der Waals surface area contributed by atoms with Crippen LogP contribution < -0.4 is 5.32 Å². The number of likely N-dealkylation sites (N-methyl/N-ethyl adjacent to an activating group) is 1. The number of piperazine rings is 1. The van der Waals surface area contributed by atoms with Crippen LogP contribution in [0.15, 0.2) is 42.0 Å². The van der Waals surface area contributed by atoms with E-state index in [2.05, 4.69) is 51.5 Å². The number of carbonyl (C=O) groups excluding carboxylic acids is 1. The maximum Gasteiger partial charge on any atom is 0.253 e. The third-order valence-electron chi connectivity index (χ3n) is 4.84. The predicted octanol–water partition coefficient (Wildman–Crippen LogP) is 2.64.